The summed E-state index contributed by atoms with van der Waals surface area (Å²) >= 11 is 0. The van der Waals surface area contributed by atoms with Crippen molar-refractivity contribution in [1.82, 2.24) is 4.72 Å². The minimum Gasteiger partial charge on any atom is -0.545 e. The summed E-state index contributed by atoms with van der Waals surface area (Å²) < 4.78 is 44.9. The Kier molecular flexibility index (Phi) is 5.53. The molecular formula is C16H15FNO5S-. The number of carboxylic acids is 1. The number of halogens is 1. The van der Waals surface area contributed by atoms with Crippen LogP contribution in [-0.2, 0) is 16.4 Å². The second-order valence-electron chi connectivity index (χ2n) is 4.93. The van der Waals surface area contributed by atoms with Crippen molar-refractivity contribution in [2.45, 2.75) is 11.3 Å². The summed E-state index contributed by atoms with van der Waals surface area (Å²) in [5, 5.41) is 10.9. The highest BCUT2D eigenvalue weighted by Gasteiger charge is 2.20. The number of methoxy groups -OCH3 is 1. The minimum absolute atomic E-state index is 0.0225. The number of carboxylic acid groups (broad SMARTS) is 1. The molecule has 0 fully saturated rings. The van der Waals surface area contributed by atoms with Gasteiger partial charge in [0.25, 0.3) is 0 Å². The molecule has 0 atom stereocenters. The highest BCUT2D eigenvalue weighted by molar-refractivity contribution is 7.89. The summed E-state index contributed by atoms with van der Waals surface area (Å²) in [6.07, 6.45) is 0.349. The summed E-state index contributed by atoms with van der Waals surface area (Å²) in [6, 6.07) is 9.12. The molecule has 0 aliphatic heterocycles. The molecule has 0 unspecified atom stereocenters. The van der Waals surface area contributed by atoms with Crippen LogP contribution in [0.25, 0.3) is 0 Å². The third kappa shape index (κ3) is 4.30. The second kappa shape index (κ2) is 7.41. The van der Waals surface area contributed by atoms with Gasteiger partial charge in [-0.15, -0.1) is 0 Å². The molecule has 0 spiro atoms. The standard InChI is InChI=1S/C16H16FNO5S/c1-23-14-7-4-12(16(19)20)10-15(14)24(21,22)18-9-8-11-2-5-13(17)6-3-11/h2-7,10,18H,8-9H2,1H3,(H,19,20)/p-1. The zero-order valence-electron chi connectivity index (χ0n) is 12.8. The zero-order valence-corrected chi connectivity index (χ0v) is 13.6. The first-order valence-corrected chi connectivity index (χ1v) is 8.45. The molecule has 24 heavy (non-hydrogen) atoms. The summed E-state index contributed by atoms with van der Waals surface area (Å²) in [4.78, 5) is 10.6. The normalized spacial score (nSPS) is 11.2. The molecule has 1 N–H and O–H groups in total. The van der Waals surface area contributed by atoms with E-state index in [2.05, 4.69) is 4.72 Å². The van der Waals surface area contributed by atoms with Crippen LogP contribution in [0, 0.1) is 5.82 Å². The third-order valence-electron chi connectivity index (χ3n) is 3.31. The van der Waals surface area contributed by atoms with Gasteiger partial charge in [-0.05, 0) is 47.9 Å². The summed E-state index contributed by atoms with van der Waals surface area (Å²) in [6.45, 7) is 0.0622. The first kappa shape index (κ1) is 17.9. The molecule has 0 amide bonds. The molecule has 2 aromatic carbocycles. The van der Waals surface area contributed by atoms with Gasteiger partial charge in [0.15, 0.2) is 0 Å². The van der Waals surface area contributed by atoms with Gasteiger partial charge in [0, 0.05) is 6.54 Å². The highest BCUT2D eigenvalue weighted by atomic mass is 32.2. The Hall–Kier alpha value is -2.45. The van der Waals surface area contributed by atoms with Gasteiger partial charge >= 0.3 is 0 Å². The van der Waals surface area contributed by atoms with E-state index in [0.717, 1.165) is 11.6 Å². The smallest absolute Gasteiger partial charge is 0.244 e. The first-order valence-electron chi connectivity index (χ1n) is 6.97. The molecule has 6 nitrogen and oxygen atoms in total. The Morgan fingerprint density at radius 3 is 2.46 bits per heavy atom. The lowest BCUT2D eigenvalue weighted by Crippen LogP contribution is -2.27. The van der Waals surface area contributed by atoms with E-state index < -0.39 is 16.0 Å². The van der Waals surface area contributed by atoms with Gasteiger partial charge in [0.1, 0.15) is 16.5 Å². The molecular weight excluding hydrogens is 337 g/mol. The molecule has 0 bridgehead atoms. The SMILES string of the molecule is COc1ccc(C(=O)[O-])cc1S(=O)(=O)NCCc1ccc(F)cc1. The molecule has 0 saturated carbocycles. The second-order valence-corrected chi connectivity index (χ2v) is 6.66. The number of hydrogen-bond donors (Lipinski definition) is 1. The van der Waals surface area contributed by atoms with Crippen LogP contribution in [0.4, 0.5) is 4.39 Å². The molecule has 0 saturated heterocycles. The molecule has 128 valence electrons. The van der Waals surface area contributed by atoms with Crippen LogP contribution in [0.3, 0.4) is 0 Å². The van der Waals surface area contributed by atoms with Crippen LogP contribution >= 0.6 is 0 Å². The van der Waals surface area contributed by atoms with Crippen molar-refractivity contribution in [2.24, 2.45) is 0 Å². The van der Waals surface area contributed by atoms with Gasteiger partial charge in [0.05, 0.1) is 13.1 Å². The fourth-order valence-electron chi connectivity index (χ4n) is 2.07. The molecule has 8 heteroatoms. The Morgan fingerprint density at radius 1 is 1.21 bits per heavy atom. The number of benzene rings is 2. The van der Waals surface area contributed by atoms with Crippen LogP contribution in [0.1, 0.15) is 15.9 Å². The Bertz CT molecular complexity index is 834. The Labute approximate surface area is 138 Å². The number of hydrogen-bond acceptors (Lipinski definition) is 5. The number of aromatic carboxylic acids is 1. The van der Waals surface area contributed by atoms with E-state index in [1.807, 2.05) is 0 Å². The monoisotopic (exact) mass is 352 g/mol. The largest absolute Gasteiger partial charge is 0.545 e. The maximum Gasteiger partial charge on any atom is 0.244 e. The highest BCUT2D eigenvalue weighted by Crippen LogP contribution is 2.24. The fraction of sp³-hybridized carbons (Fsp3) is 0.188. The van der Waals surface area contributed by atoms with E-state index in [1.54, 1.807) is 12.1 Å². The van der Waals surface area contributed by atoms with E-state index in [-0.39, 0.29) is 28.6 Å². The molecule has 2 aromatic rings. The lowest BCUT2D eigenvalue weighted by molar-refractivity contribution is -0.255. The summed E-state index contributed by atoms with van der Waals surface area (Å²) in [5.74, 6) is -1.84. The number of carbonyl (C=O) groups excluding carboxylic acids is 1. The van der Waals surface area contributed by atoms with Crippen LogP contribution < -0.4 is 14.6 Å². The van der Waals surface area contributed by atoms with Crippen LogP contribution in [0.15, 0.2) is 47.4 Å². The van der Waals surface area contributed by atoms with E-state index in [1.165, 1.54) is 31.4 Å². The van der Waals surface area contributed by atoms with Gasteiger partial charge < -0.3 is 14.6 Å². The predicted octanol–water partition coefficient (Wildman–Crippen LogP) is 0.719. The first-order chi connectivity index (χ1) is 11.3. The van der Waals surface area contributed by atoms with Crippen molar-refractivity contribution in [3.8, 4) is 5.75 Å². The molecule has 0 heterocycles. The van der Waals surface area contributed by atoms with E-state index in [4.69, 9.17) is 4.74 Å². The quantitative estimate of drug-likeness (QED) is 0.792. The molecule has 0 radical (unpaired) electrons. The topological polar surface area (TPSA) is 95.5 Å². The maximum atomic E-state index is 12.8. The van der Waals surface area contributed by atoms with Gasteiger partial charge in [-0.25, -0.2) is 17.5 Å². The number of nitrogens with one attached hydrogen (secondary N) is 1. The molecule has 0 aromatic heterocycles. The number of carbonyl (C=O) groups is 1. The predicted molar refractivity (Wildman–Crippen MR) is 82.6 cm³/mol. The average molecular weight is 352 g/mol. The van der Waals surface area contributed by atoms with Crippen molar-refractivity contribution in [2.75, 3.05) is 13.7 Å². The van der Waals surface area contributed by atoms with Gasteiger partial charge in [-0.3, -0.25) is 0 Å². The van der Waals surface area contributed by atoms with Crippen molar-refractivity contribution >= 4 is 16.0 Å². The Balaban J connectivity index is 2.15. The zero-order chi connectivity index (χ0) is 17.7. The lowest BCUT2D eigenvalue weighted by Gasteiger charge is -2.13. The number of rotatable bonds is 7. The van der Waals surface area contributed by atoms with Crippen LogP contribution in [0.5, 0.6) is 5.75 Å². The van der Waals surface area contributed by atoms with E-state index >= 15 is 0 Å². The molecule has 0 aliphatic carbocycles. The minimum atomic E-state index is -3.98. The van der Waals surface area contributed by atoms with E-state index in [9.17, 15) is 22.7 Å². The van der Waals surface area contributed by atoms with Crippen molar-refractivity contribution < 1.29 is 27.4 Å². The molecule has 2 rings (SSSR count). The average Bonchev–Trinajstić information content (AvgIpc) is 2.56. The van der Waals surface area contributed by atoms with Crippen molar-refractivity contribution in [1.29, 1.82) is 0 Å². The number of sulfonamides is 1. The van der Waals surface area contributed by atoms with E-state index in [0.29, 0.717) is 6.42 Å². The van der Waals surface area contributed by atoms with Gasteiger partial charge in [-0.2, -0.15) is 0 Å². The van der Waals surface area contributed by atoms with Crippen LogP contribution in [-0.4, -0.2) is 28.0 Å². The number of ether oxygens (including phenoxy) is 1. The van der Waals surface area contributed by atoms with Gasteiger partial charge in [0.2, 0.25) is 10.0 Å². The molecule has 0 aliphatic rings. The van der Waals surface area contributed by atoms with Crippen LogP contribution in [0.2, 0.25) is 0 Å². The summed E-state index contributed by atoms with van der Waals surface area (Å²) in [7, 11) is -2.69. The summed E-state index contributed by atoms with van der Waals surface area (Å²) in [5.41, 5.74) is 0.490. The van der Waals surface area contributed by atoms with Crippen molar-refractivity contribution in [3.63, 3.8) is 0 Å². The maximum absolute atomic E-state index is 12.8. The van der Waals surface area contributed by atoms with Crippen molar-refractivity contribution in [3.05, 3.63) is 59.4 Å². The Morgan fingerprint density at radius 2 is 1.88 bits per heavy atom. The lowest BCUT2D eigenvalue weighted by atomic mass is 10.1. The third-order valence-corrected chi connectivity index (χ3v) is 4.79. The van der Waals surface area contributed by atoms with Gasteiger partial charge in [-0.1, -0.05) is 12.1 Å². The fourth-order valence-corrected chi connectivity index (χ4v) is 3.30.